The van der Waals surface area contributed by atoms with Crippen LogP contribution in [-0.4, -0.2) is 21.5 Å². The van der Waals surface area contributed by atoms with Gasteiger partial charge in [-0.1, -0.05) is 6.92 Å². The Kier molecular flexibility index (Phi) is 4.30. The van der Waals surface area contributed by atoms with E-state index in [2.05, 4.69) is 27.2 Å². The summed E-state index contributed by atoms with van der Waals surface area (Å²) in [6, 6.07) is 1.35. The van der Waals surface area contributed by atoms with Crippen molar-refractivity contribution in [3.63, 3.8) is 0 Å². The van der Waals surface area contributed by atoms with Gasteiger partial charge in [-0.15, -0.1) is 0 Å². The minimum Gasteiger partial charge on any atom is -0.306 e. The van der Waals surface area contributed by atoms with Crippen LogP contribution in [0.2, 0.25) is 0 Å². The minimum atomic E-state index is -0.340. The van der Waals surface area contributed by atoms with E-state index in [1.165, 1.54) is 18.6 Å². The Morgan fingerprint density at radius 3 is 2.50 bits per heavy atom. The molecule has 0 aromatic carbocycles. The molecule has 0 aliphatic carbocycles. The molecular weight excluding hydrogens is 231 g/mol. The van der Waals surface area contributed by atoms with E-state index in [0.717, 1.165) is 24.1 Å². The molecule has 94 valence electrons. The monoisotopic (exact) mass is 246 g/mol. The highest BCUT2D eigenvalue weighted by Crippen LogP contribution is 2.20. The van der Waals surface area contributed by atoms with Crippen molar-refractivity contribution in [1.29, 1.82) is 0 Å². The molecule has 5 heteroatoms. The lowest BCUT2D eigenvalue weighted by atomic mass is 10.0. The zero-order valence-electron chi connectivity index (χ0n) is 10.2. The highest BCUT2D eigenvalue weighted by atomic mass is 19.1. The van der Waals surface area contributed by atoms with Gasteiger partial charge in [-0.25, -0.2) is 14.4 Å². The van der Waals surface area contributed by atoms with Gasteiger partial charge in [0.25, 0.3) is 0 Å². The Bertz CT molecular complexity index is 489. The molecule has 0 radical (unpaired) electrons. The van der Waals surface area contributed by atoms with Crippen LogP contribution in [0.5, 0.6) is 0 Å². The second-order valence-corrected chi connectivity index (χ2v) is 4.00. The van der Waals surface area contributed by atoms with Gasteiger partial charge < -0.3 is 5.32 Å². The number of pyridine rings is 1. The van der Waals surface area contributed by atoms with Crippen molar-refractivity contribution >= 4 is 0 Å². The quantitative estimate of drug-likeness (QED) is 0.877. The molecule has 0 aliphatic heterocycles. The van der Waals surface area contributed by atoms with Gasteiger partial charge in [0.15, 0.2) is 0 Å². The van der Waals surface area contributed by atoms with Crippen LogP contribution in [0.15, 0.2) is 37.2 Å². The first-order valence-corrected chi connectivity index (χ1v) is 5.90. The Morgan fingerprint density at radius 1 is 1.11 bits per heavy atom. The van der Waals surface area contributed by atoms with Gasteiger partial charge >= 0.3 is 0 Å². The predicted octanol–water partition coefficient (Wildman–Crippen LogP) is 2.10. The standard InChI is InChI=1S/C13H15FN4/c1-2-3-18-13(11-6-16-9-17-7-11)10-4-12(14)8-15-5-10/h4-9,13,18H,2-3H2,1H3. The summed E-state index contributed by atoms with van der Waals surface area (Å²) in [7, 11) is 0. The molecule has 0 saturated carbocycles. The Hall–Kier alpha value is -1.88. The average Bonchev–Trinajstić information content (AvgIpc) is 2.40. The number of aromatic nitrogens is 3. The normalized spacial score (nSPS) is 12.3. The van der Waals surface area contributed by atoms with Crippen molar-refractivity contribution in [3.05, 3.63) is 54.1 Å². The molecule has 4 nitrogen and oxygen atoms in total. The van der Waals surface area contributed by atoms with E-state index in [9.17, 15) is 4.39 Å². The number of rotatable bonds is 5. The molecule has 1 N–H and O–H groups in total. The van der Waals surface area contributed by atoms with E-state index in [4.69, 9.17) is 0 Å². The van der Waals surface area contributed by atoms with Gasteiger partial charge in [0, 0.05) is 24.2 Å². The molecule has 1 atom stereocenters. The molecule has 18 heavy (non-hydrogen) atoms. The van der Waals surface area contributed by atoms with E-state index < -0.39 is 0 Å². The summed E-state index contributed by atoms with van der Waals surface area (Å²) < 4.78 is 13.2. The Balaban J connectivity index is 2.31. The SMILES string of the molecule is CCCNC(c1cncnc1)c1cncc(F)c1. The first-order chi connectivity index (χ1) is 8.81. The lowest BCUT2D eigenvalue weighted by molar-refractivity contribution is 0.578. The van der Waals surface area contributed by atoms with Gasteiger partial charge in [-0.2, -0.15) is 0 Å². The molecule has 0 saturated heterocycles. The van der Waals surface area contributed by atoms with Crippen molar-refractivity contribution in [2.45, 2.75) is 19.4 Å². The molecule has 0 bridgehead atoms. The van der Waals surface area contributed by atoms with Gasteiger partial charge in [0.2, 0.25) is 0 Å². The van der Waals surface area contributed by atoms with E-state index in [0.29, 0.717) is 0 Å². The number of halogens is 1. The summed E-state index contributed by atoms with van der Waals surface area (Å²) in [4.78, 5) is 11.9. The number of hydrogen-bond donors (Lipinski definition) is 1. The zero-order chi connectivity index (χ0) is 12.8. The Morgan fingerprint density at radius 2 is 1.83 bits per heavy atom. The van der Waals surface area contributed by atoms with Crippen molar-refractivity contribution < 1.29 is 4.39 Å². The topological polar surface area (TPSA) is 50.7 Å². The number of nitrogens with one attached hydrogen (secondary N) is 1. The lowest BCUT2D eigenvalue weighted by Crippen LogP contribution is -2.23. The summed E-state index contributed by atoms with van der Waals surface area (Å²) in [5.41, 5.74) is 1.68. The van der Waals surface area contributed by atoms with Crippen molar-refractivity contribution in [3.8, 4) is 0 Å². The molecule has 1 unspecified atom stereocenters. The molecule has 0 fully saturated rings. The first-order valence-electron chi connectivity index (χ1n) is 5.90. The van der Waals surface area contributed by atoms with E-state index in [1.807, 2.05) is 0 Å². The molecular formula is C13H15FN4. The van der Waals surface area contributed by atoms with Crippen molar-refractivity contribution in [1.82, 2.24) is 20.3 Å². The highest BCUT2D eigenvalue weighted by Gasteiger charge is 2.14. The summed E-state index contributed by atoms with van der Waals surface area (Å²) in [5, 5.41) is 3.34. The molecule has 2 rings (SSSR count). The summed E-state index contributed by atoms with van der Waals surface area (Å²) >= 11 is 0. The molecule has 0 amide bonds. The van der Waals surface area contributed by atoms with Crippen LogP contribution in [0, 0.1) is 5.82 Å². The number of nitrogens with zero attached hydrogens (tertiary/aromatic N) is 3. The zero-order valence-corrected chi connectivity index (χ0v) is 10.2. The smallest absolute Gasteiger partial charge is 0.141 e. The third-order valence-corrected chi connectivity index (χ3v) is 2.57. The van der Waals surface area contributed by atoms with Crippen molar-refractivity contribution in [2.75, 3.05) is 6.54 Å². The molecule has 2 aromatic heterocycles. The molecule has 2 aromatic rings. The average molecular weight is 246 g/mol. The lowest BCUT2D eigenvalue weighted by Gasteiger charge is -2.18. The fourth-order valence-corrected chi connectivity index (χ4v) is 1.76. The molecule has 0 spiro atoms. The van der Waals surface area contributed by atoms with Gasteiger partial charge in [-0.05, 0) is 24.6 Å². The maximum atomic E-state index is 13.2. The van der Waals surface area contributed by atoms with Gasteiger partial charge in [0.05, 0.1) is 12.2 Å². The molecule has 2 heterocycles. The van der Waals surface area contributed by atoms with Crippen LogP contribution in [0.4, 0.5) is 4.39 Å². The van der Waals surface area contributed by atoms with Crippen LogP contribution in [0.1, 0.15) is 30.5 Å². The van der Waals surface area contributed by atoms with Gasteiger partial charge in [0.1, 0.15) is 12.1 Å². The second kappa shape index (κ2) is 6.16. The van der Waals surface area contributed by atoms with E-state index in [-0.39, 0.29) is 11.9 Å². The fourth-order valence-electron chi connectivity index (χ4n) is 1.76. The third kappa shape index (κ3) is 3.07. The van der Waals surface area contributed by atoms with Crippen LogP contribution in [0.3, 0.4) is 0 Å². The van der Waals surface area contributed by atoms with Crippen LogP contribution in [-0.2, 0) is 0 Å². The van der Waals surface area contributed by atoms with E-state index in [1.54, 1.807) is 18.6 Å². The summed E-state index contributed by atoms with van der Waals surface area (Å²) in [5.74, 6) is -0.340. The maximum Gasteiger partial charge on any atom is 0.141 e. The Labute approximate surface area is 105 Å². The number of hydrogen-bond acceptors (Lipinski definition) is 4. The van der Waals surface area contributed by atoms with Gasteiger partial charge in [-0.3, -0.25) is 4.98 Å². The molecule has 0 aliphatic rings. The van der Waals surface area contributed by atoms with E-state index >= 15 is 0 Å². The van der Waals surface area contributed by atoms with Crippen molar-refractivity contribution in [2.24, 2.45) is 0 Å². The summed E-state index contributed by atoms with van der Waals surface area (Å²) in [6.07, 6.45) is 8.78. The highest BCUT2D eigenvalue weighted by molar-refractivity contribution is 5.26. The predicted molar refractivity (Wildman–Crippen MR) is 66.4 cm³/mol. The van der Waals surface area contributed by atoms with Crippen LogP contribution >= 0.6 is 0 Å². The first kappa shape index (κ1) is 12.6. The van der Waals surface area contributed by atoms with Crippen LogP contribution in [0.25, 0.3) is 0 Å². The third-order valence-electron chi connectivity index (χ3n) is 2.57. The van der Waals surface area contributed by atoms with Crippen LogP contribution < -0.4 is 5.32 Å². The minimum absolute atomic E-state index is 0.130. The fraction of sp³-hybridized carbons (Fsp3) is 0.308. The second-order valence-electron chi connectivity index (χ2n) is 4.00. The summed E-state index contributed by atoms with van der Waals surface area (Å²) in [6.45, 7) is 2.91. The largest absolute Gasteiger partial charge is 0.306 e. The maximum absolute atomic E-state index is 13.2.